The highest BCUT2D eigenvalue weighted by atomic mass is 127. The monoisotopic (exact) mass is 487 g/mol. The van der Waals surface area contributed by atoms with Crippen LogP contribution < -0.4 is 5.32 Å². The van der Waals surface area contributed by atoms with Gasteiger partial charge in [-0.15, -0.1) is 11.5 Å². The molecule has 1 aromatic rings. The van der Waals surface area contributed by atoms with Crippen molar-refractivity contribution >= 4 is 42.4 Å². The third-order valence-electron chi connectivity index (χ3n) is 4.60. The van der Waals surface area contributed by atoms with E-state index in [4.69, 9.17) is 9.47 Å². The third-order valence-corrected chi connectivity index (χ3v) is 10.6. The van der Waals surface area contributed by atoms with Gasteiger partial charge in [0, 0.05) is 9.99 Å². The lowest BCUT2D eigenvalue weighted by Crippen LogP contribution is -2.29. The van der Waals surface area contributed by atoms with E-state index in [2.05, 4.69) is 60.1 Å². The average molecular weight is 487 g/mol. The minimum atomic E-state index is -1.35. The maximum Gasteiger partial charge on any atom is 0.411 e. The van der Waals surface area contributed by atoms with Crippen molar-refractivity contribution in [3.8, 4) is 11.5 Å². The molecule has 0 heterocycles. The molecule has 0 saturated heterocycles. The zero-order valence-corrected chi connectivity index (χ0v) is 19.4. The van der Waals surface area contributed by atoms with Crippen molar-refractivity contribution in [1.82, 2.24) is 0 Å². The molecular formula is C20H30INO3Si. The molecule has 0 saturated carbocycles. The van der Waals surface area contributed by atoms with Crippen molar-refractivity contribution in [2.45, 2.75) is 58.9 Å². The van der Waals surface area contributed by atoms with Crippen molar-refractivity contribution in [3.05, 3.63) is 27.3 Å². The summed E-state index contributed by atoms with van der Waals surface area (Å²) >= 11 is 2.22. The second-order valence-electron chi connectivity index (χ2n) is 6.07. The van der Waals surface area contributed by atoms with Gasteiger partial charge in [0.15, 0.2) is 0 Å². The minimum absolute atomic E-state index is 0.352. The van der Waals surface area contributed by atoms with Crippen LogP contribution in [0.2, 0.25) is 18.1 Å². The Kier molecular flexibility index (Phi) is 10.9. The van der Waals surface area contributed by atoms with E-state index in [0.29, 0.717) is 19.8 Å². The van der Waals surface area contributed by atoms with Gasteiger partial charge >= 0.3 is 6.09 Å². The Bertz CT molecular complexity index is 627. The van der Waals surface area contributed by atoms with E-state index >= 15 is 0 Å². The predicted molar refractivity (Wildman–Crippen MR) is 119 cm³/mol. The summed E-state index contributed by atoms with van der Waals surface area (Å²) in [4.78, 5) is 11.6. The maximum atomic E-state index is 11.6. The molecule has 0 aliphatic rings. The molecule has 1 N–H and O–H groups in total. The van der Waals surface area contributed by atoms with Gasteiger partial charge in [-0.05, 0) is 59.3 Å². The van der Waals surface area contributed by atoms with E-state index in [0.717, 1.165) is 21.2 Å². The number of benzene rings is 1. The molecule has 1 aromatic carbocycles. The first-order chi connectivity index (χ1) is 12.5. The lowest BCUT2D eigenvalue weighted by molar-refractivity contribution is 0.126. The number of carbonyl (C=O) groups is 1. The van der Waals surface area contributed by atoms with Crippen LogP contribution in [0, 0.1) is 15.0 Å². The second-order valence-corrected chi connectivity index (χ2v) is 12.1. The summed E-state index contributed by atoms with van der Waals surface area (Å²) in [7, 11) is -1.35. The van der Waals surface area contributed by atoms with Gasteiger partial charge in [0.2, 0.25) is 0 Å². The fourth-order valence-corrected chi connectivity index (χ4v) is 5.82. The first kappa shape index (κ1) is 23.0. The summed E-state index contributed by atoms with van der Waals surface area (Å²) in [5.74, 6) is 3.34. The topological polar surface area (TPSA) is 47.6 Å². The SMILES string of the molecule is CCOC(=O)Nc1cccc(COCCC#C[Si](CC)(CC)CC)c1I. The summed E-state index contributed by atoms with van der Waals surface area (Å²) in [5.41, 5.74) is 5.37. The number of amides is 1. The lowest BCUT2D eigenvalue weighted by Gasteiger charge is -2.20. The number of hydrogen-bond acceptors (Lipinski definition) is 3. The average Bonchev–Trinajstić information content (AvgIpc) is 2.65. The lowest BCUT2D eigenvalue weighted by atomic mass is 10.2. The van der Waals surface area contributed by atoms with Crippen LogP contribution in [0.5, 0.6) is 0 Å². The quantitative estimate of drug-likeness (QED) is 0.207. The first-order valence-electron chi connectivity index (χ1n) is 9.30. The van der Waals surface area contributed by atoms with Crippen molar-refractivity contribution in [3.63, 3.8) is 0 Å². The van der Waals surface area contributed by atoms with Gasteiger partial charge in [-0.3, -0.25) is 5.32 Å². The Morgan fingerprint density at radius 3 is 2.50 bits per heavy atom. The molecule has 0 atom stereocenters. The molecule has 6 heteroatoms. The standard InChI is InChI=1S/C20H30INO3Si/c1-5-25-20(23)22-18-13-11-12-17(19(18)21)16-24-14-9-10-15-26(6-2,7-3)8-4/h11-13H,5-9,14,16H2,1-4H3,(H,22,23). The molecule has 0 spiro atoms. The second kappa shape index (κ2) is 12.4. The van der Waals surface area contributed by atoms with Crippen molar-refractivity contribution < 1.29 is 14.3 Å². The van der Waals surface area contributed by atoms with Gasteiger partial charge in [0.25, 0.3) is 0 Å². The zero-order chi connectivity index (χ0) is 19.4. The van der Waals surface area contributed by atoms with Gasteiger partial charge in [0.1, 0.15) is 8.07 Å². The Labute approximate surface area is 172 Å². The summed E-state index contributed by atoms with van der Waals surface area (Å²) in [5, 5.41) is 2.76. The van der Waals surface area contributed by atoms with Crippen LogP contribution >= 0.6 is 22.6 Å². The third kappa shape index (κ3) is 7.29. The predicted octanol–water partition coefficient (Wildman–Crippen LogP) is 5.82. The molecule has 0 radical (unpaired) electrons. The van der Waals surface area contributed by atoms with Crippen LogP contribution in [0.15, 0.2) is 18.2 Å². The van der Waals surface area contributed by atoms with E-state index < -0.39 is 14.2 Å². The van der Waals surface area contributed by atoms with Gasteiger partial charge in [-0.1, -0.05) is 32.9 Å². The van der Waals surface area contributed by atoms with E-state index in [1.54, 1.807) is 6.92 Å². The highest BCUT2D eigenvalue weighted by Crippen LogP contribution is 2.23. The molecule has 0 fully saturated rings. The molecule has 0 aliphatic heterocycles. The Hall–Kier alpha value is -1.04. The summed E-state index contributed by atoms with van der Waals surface area (Å²) in [6, 6.07) is 9.46. The molecule has 26 heavy (non-hydrogen) atoms. The van der Waals surface area contributed by atoms with Crippen LogP contribution in [0.1, 0.15) is 39.7 Å². The molecule has 0 aliphatic carbocycles. The summed E-state index contributed by atoms with van der Waals surface area (Å²) in [6.07, 6.45) is 0.334. The molecule has 144 valence electrons. The van der Waals surface area contributed by atoms with E-state index in [1.807, 2.05) is 18.2 Å². The molecule has 0 aromatic heterocycles. The van der Waals surface area contributed by atoms with Crippen molar-refractivity contribution in [1.29, 1.82) is 0 Å². The first-order valence-corrected chi connectivity index (χ1v) is 13.0. The number of anilines is 1. The minimum Gasteiger partial charge on any atom is -0.450 e. The Morgan fingerprint density at radius 2 is 1.88 bits per heavy atom. The van der Waals surface area contributed by atoms with Crippen LogP contribution in [-0.4, -0.2) is 27.4 Å². The summed E-state index contributed by atoms with van der Waals surface area (Å²) in [6.45, 7) is 10.1. The molecule has 1 amide bonds. The van der Waals surface area contributed by atoms with Gasteiger partial charge < -0.3 is 9.47 Å². The van der Waals surface area contributed by atoms with Gasteiger partial charge in [-0.25, -0.2) is 4.79 Å². The zero-order valence-electron chi connectivity index (χ0n) is 16.3. The number of halogens is 1. The molecular weight excluding hydrogens is 457 g/mol. The number of nitrogens with one attached hydrogen (secondary N) is 1. The van der Waals surface area contributed by atoms with E-state index in [9.17, 15) is 4.79 Å². The van der Waals surface area contributed by atoms with Crippen LogP contribution in [0.3, 0.4) is 0 Å². The van der Waals surface area contributed by atoms with Crippen molar-refractivity contribution in [2.24, 2.45) is 0 Å². The highest BCUT2D eigenvalue weighted by molar-refractivity contribution is 14.1. The fraction of sp³-hybridized carbons (Fsp3) is 0.550. The van der Waals surface area contributed by atoms with Gasteiger partial charge in [0.05, 0.1) is 25.5 Å². The highest BCUT2D eigenvalue weighted by Gasteiger charge is 2.23. The number of carbonyl (C=O) groups excluding carboxylic acids is 1. The van der Waals surface area contributed by atoms with Crippen LogP contribution in [0.4, 0.5) is 10.5 Å². The van der Waals surface area contributed by atoms with Gasteiger partial charge in [-0.2, -0.15) is 0 Å². The van der Waals surface area contributed by atoms with Crippen molar-refractivity contribution in [2.75, 3.05) is 18.5 Å². The van der Waals surface area contributed by atoms with E-state index in [1.165, 1.54) is 18.1 Å². The maximum absolute atomic E-state index is 11.6. The van der Waals surface area contributed by atoms with Crippen LogP contribution in [0.25, 0.3) is 0 Å². The summed E-state index contributed by atoms with van der Waals surface area (Å²) < 4.78 is 11.7. The smallest absolute Gasteiger partial charge is 0.411 e. The van der Waals surface area contributed by atoms with E-state index in [-0.39, 0.29) is 0 Å². The number of ether oxygens (including phenoxy) is 2. The molecule has 4 nitrogen and oxygen atoms in total. The molecule has 0 bridgehead atoms. The number of hydrogen-bond donors (Lipinski definition) is 1. The molecule has 1 rings (SSSR count). The normalized spacial score (nSPS) is 10.8. The Balaban J connectivity index is 2.53. The molecule has 0 unspecified atom stereocenters. The number of rotatable bonds is 9. The largest absolute Gasteiger partial charge is 0.450 e. The van der Waals surface area contributed by atoms with Crippen LogP contribution in [-0.2, 0) is 16.1 Å². The Morgan fingerprint density at radius 1 is 1.19 bits per heavy atom. The fourth-order valence-electron chi connectivity index (χ4n) is 2.64.